The van der Waals surface area contributed by atoms with Gasteiger partial charge in [-0.15, -0.1) is 0 Å². The molecule has 0 aromatic heterocycles. The van der Waals surface area contributed by atoms with Gasteiger partial charge >= 0.3 is 0 Å². The van der Waals surface area contributed by atoms with Gasteiger partial charge < -0.3 is 18.7 Å². The lowest BCUT2D eigenvalue weighted by atomic mass is 10.5. The molecule has 4 nitrogen and oxygen atoms in total. The van der Waals surface area contributed by atoms with Crippen LogP contribution in [0.2, 0.25) is 38.3 Å². The van der Waals surface area contributed by atoms with Gasteiger partial charge in [-0.3, -0.25) is 0 Å². The number of rotatable bonds is 12. The van der Waals surface area contributed by atoms with Gasteiger partial charge in [-0.25, -0.2) is 0 Å². The van der Waals surface area contributed by atoms with Crippen LogP contribution in [0.1, 0.15) is 12.8 Å². The summed E-state index contributed by atoms with van der Waals surface area (Å²) in [6.45, 7) is 11.3. The van der Waals surface area contributed by atoms with Crippen LogP contribution in [-0.2, 0) is 13.6 Å². The van der Waals surface area contributed by atoms with Gasteiger partial charge in [0.05, 0.1) is 13.2 Å². The number of aliphatic hydroxyl groups is 1. The van der Waals surface area contributed by atoms with Gasteiger partial charge in [0.25, 0.3) is 0 Å². The van der Waals surface area contributed by atoms with E-state index in [9.17, 15) is 0 Å². The van der Waals surface area contributed by atoms with E-state index in [0.29, 0.717) is 6.61 Å². The summed E-state index contributed by atoms with van der Waals surface area (Å²) in [6.07, 6.45) is 2.13. The topological polar surface area (TPSA) is 47.9 Å². The van der Waals surface area contributed by atoms with Crippen molar-refractivity contribution in [2.75, 3.05) is 33.5 Å². The Morgan fingerprint density at radius 2 is 1.37 bits per heavy atom. The lowest BCUT2D eigenvalue weighted by molar-refractivity contribution is 0.0924. The van der Waals surface area contributed by atoms with Crippen LogP contribution >= 0.6 is 0 Å². The van der Waals surface area contributed by atoms with Crippen molar-refractivity contribution in [3.63, 3.8) is 0 Å². The highest BCUT2D eigenvalue weighted by molar-refractivity contribution is 6.84. The van der Waals surface area contributed by atoms with Gasteiger partial charge in [-0.05, 0) is 51.1 Å². The highest BCUT2D eigenvalue weighted by Crippen LogP contribution is 2.23. The van der Waals surface area contributed by atoms with Gasteiger partial charge in [0.15, 0.2) is 16.6 Å². The molecule has 0 aromatic rings. The summed E-state index contributed by atoms with van der Waals surface area (Å²) in [5, 5.41) is 8.64. The molecule has 0 aromatic carbocycles. The van der Waals surface area contributed by atoms with Gasteiger partial charge in [-0.1, -0.05) is 0 Å². The maximum Gasteiger partial charge on any atom is 0.173 e. The molecule has 6 heteroatoms. The fraction of sp³-hybridized carbons (Fsp3) is 1.00. The van der Waals surface area contributed by atoms with Gasteiger partial charge in [-0.2, -0.15) is 0 Å². The van der Waals surface area contributed by atoms with Crippen molar-refractivity contribution in [2.24, 2.45) is 0 Å². The fourth-order valence-corrected chi connectivity index (χ4v) is 11.1. The minimum absolute atomic E-state index is 0.108. The largest absolute Gasteiger partial charge is 0.455 e. The van der Waals surface area contributed by atoms with Crippen molar-refractivity contribution in [1.29, 1.82) is 0 Å². The van der Waals surface area contributed by atoms with Crippen molar-refractivity contribution < 1.29 is 18.7 Å². The molecule has 0 heterocycles. The molecule has 0 unspecified atom stereocenters. The Morgan fingerprint density at radius 3 is 1.84 bits per heavy atom. The smallest absolute Gasteiger partial charge is 0.173 e. The van der Waals surface area contributed by atoms with E-state index in [1.807, 2.05) is 0 Å². The first-order valence-corrected chi connectivity index (χ1v) is 13.4. The third-order valence-electron chi connectivity index (χ3n) is 2.98. The van der Waals surface area contributed by atoms with Crippen LogP contribution in [0.5, 0.6) is 0 Å². The second kappa shape index (κ2) is 10.1. The highest BCUT2D eigenvalue weighted by Gasteiger charge is 2.32. The molecule has 0 saturated carbocycles. The summed E-state index contributed by atoms with van der Waals surface area (Å²) in [6, 6.07) is 2.29. The lowest BCUT2D eigenvalue weighted by Crippen LogP contribution is -2.44. The predicted octanol–water partition coefficient (Wildman–Crippen LogP) is 2.85. The van der Waals surface area contributed by atoms with E-state index in [-0.39, 0.29) is 6.61 Å². The van der Waals surface area contributed by atoms with Crippen LogP contribution in [0.4, 0.5) is 0 Å². The Labute approximate surface area is 120 Å². The van der Waals surface area contributed by atoms with Gasteiger partial charge in [0.2, 0.25) is 0 Å². The second-order valence-electron chi connectivity index (χ2n) is 6.16. The van der Waals surface area contributed by atoms with Crippen molar-refractivity contribution in [3.05, 3.63) is 0 Å². The summed E-state index contributed by atoms with van der Waals surface area (Å²) in [4.78, 5) is 0. The molecule has 0 amide bonds. The maximum absolute atomic E-state index is 8.64. The van der Waals surface area contributed by atoms with E-state index >= 15 is 0 Å². The number of hydrogen-bond donors (Lipinski definition) is 1. The van der Waals surface area contributed by atoms with Gasteiger partial charge in [0.1, 0.15) is 0 Å². The number of aliphatic hydroxyl groups excluding tert-OH is 1. The van der Waals surface area contributed by atoms with Crippen LogP contribution in [-0.4, -0.2) is 55.3 Å². The zero-order valence-electron chi connectivity index (χ0n) is 13.3. The molecule has 0 aliphatic heterocycles. The van der Waals surface area contributed by atoms with E-state index < -0.39 is 16.6 Å². The molecule has 19 heavy (non-hydrogen) atoms. The Hall–Kier alpha value is 0.274. The Kier molecular flexibility index (Phi) is 10.2. The maximum atomic E-state index is 8.64. The van der Waals surface area contributed by atoms with E-state index in [4.69, 9.17) is 18.7 Å². The van der Waals surface area contributed by atoms with Crippen molar-refractivity contribution in [2.45, 2.75) is 51.1 Å². The Morgan fingerprint density at radius 1 is 0.842 bits per heavy atom. The summed E-state index contributed by atoms with van der Waals surface area (Å²) in [7, 11) is -1.38. The molecule has 0 fully saturated rings. The minimum atomic E-state index is -1.58. The average Bonchev–Trinajstić information content (AvgIpc) is 2.27. The normalized spacial score (nSPS) is 12.9. The minimum Gasteiger partial charge on any atom is -0.455 e. The van der Waals surface area contributed by atoms with Crippen LogP contribution in [0, 0.1) is 0 Å². The quantitative estimate of drug-likeness (QED) is 0.445. The van der Waals surface area contributed by atoms with Crippen LogP contribution in [0.3, 0.4) is 0 Å². The summed E-state index contributed by atoms with van der Waals surface area (Å²) < 4.78 is 16.9. The summed E-state index contributed by atoms with van der Waals surface area (Å²) >= 11 is 0. The first kappa shape index (κ1) is 19.3. The monoisotopic (exact) mass is 308 g/mol. The molecule has 0 aliphatic rings. The fourth-order valence-electron chi connectivity index (χ4n) is 2.26. The first-order chi connectivity index (χ1) is 8.83. The SMILES string of the molecule is COCCC[Si](C)(C)O[Si](C)(C)CCCOCCO. The lowest BCUT2D eigenvalue weighted by Gasteiger charge is -2.34. The average molecular weight is 309 g/mol. The van der Waals surface area contributed by atoms with E-state index in [1.165, 1.54) is 0 Å². The molecule has 116 valence electrons. The van der Waals surface area contributed by atoms with Crippen molar-refractivity contribution >= 4 is 16.6 Å². The van der Waals surface area contributed by atoms with Crippen molar-refractivity contribution in [1.82, 2.24) is 0 Å². The molecule has 0 rings (SSSR count). The molecule has 0 aliphatic carbocycles. The van der Waals surface area contributed by atoms with Crippen LogP contribution < -0.4 is 0 Å². The predicted molar refractivity (Wildman–Crippen MR) is 84.7 cm³/mol. The van der Waals surface area contributed by atoms with E-state index in [1.54, 1.807) is 7.11 Å². The Bertz CT molecular complexity index is 223. The third kappa shape index (κ3) is 11.8. The van der Waals surface area contributed by atoms with Crippen molar-refractivity contribution in [3.8, 4) is 0 Å². The molecule has 0 atom stereocenters. The highest BCUT2D eigenvalue weighted by atomic mass is 28.4. The zero-order valence-corrected chi connectivity index (χ0v) is 15.3. The molecule has 0 bridgehead atoms. The van der Waals surface area contributed by atoms with E-state index in [2.05, 4.69) is 26.2 Å². The van der Waals surface area contributed by atoms with Crippen LogP contribution in [0.25, 0.3) is 0 Å². The molecule has 1 N–H and O–H groups in total. The first-order valence-electron chi connectivity index (χ1n) is 7.21. The molecule has 0 saturated heterocycles. The molecule has 0 radical (unpaired) electrons. The molecular formula is C13H32O4Si2. The molecule has 0 spiro atoms. The standard InChI is InChI=1S/C13H32O4Si2/c1-15-9-6-12-18(2,3)17-19(4,5)13-7-10-16-11-8-14/h14H,6-13H2,1-5H3. The summed E-state index contributed by atoms with van der Waals surface area (Å²) in [5.41, 5.74) is 0. The summed E-state index contributed by atoms with van der Waals surface area (Å²) in [5.74, 6) is 0. The third-order valence-corrected chi connectivity index (χ3v) is 10.5. The molecular weight excluding hydrogens is 276 g/mol. The number of methoxy groups -OCH3 is 1. The second-order valence-corrected chi connectivity index (χ2v) is 15.0. The van der Waals surface area contributed by atoms with Gasteiger partial charge in [0, 0.05) is 20.3 Å². The number of ether oxygens (including phenoxy) is 2. The van der Waals surface area contributed by atoms with E-state index in [0.717, 1.165) is 38.1 Å². The zero-order chi connectivity index (χ0) is 14.8. The van der Waals surface area contributed by atoms with Crippen LogP contribution in [0.15, 0.2) is 0 Å². The number of hydrogen-bond acceptors (Lipinski definition) is 4. The Balaban J connectivity index is 3.90.